The van der Waals surface area contributed by atoms with E-state index >= 15 is 0 Å². The first kappa shape index (κ1) is 11.0. The highest BCUT2D eigenvalue weighted by Crippen LogP contribution is 2.56. The fourth-order valence-electron chi connectivity index (χ4n) is 4.04. The van der Waals surface area contributed by atoms with Gasteiger partial charge in [0.25, 0.3) is 0 Å². The molecule has 3 aliphatic carbocycles. The second-order valence-corrected chi connectivity index (χ2v) is 5.75. The molecule has 3 nitrogen and oxygen atoms in total. The third-order valence-corrected chi connectivity index (χ3v) is 4.82. The monoisotopic (exact) mass is 254 g/mol. The number of esters is 2. The first-order chi connectivity index (χ1) is 9.09. The van der Waals surface area contributed by atoms with Crippen molar-refractivity contribution in [3.63, 3.8) is 0 Å². The third-order valence-electron chi connectivity index (χ3n) is 4.82. The number of cyclic esters (lactones) is 2. The van der Waals surface area contributed by atoms with Gasteiger partial charge < -0.3 is 4.74 Å². The standard InChI is InChI=1S/C16H14O3/c1-7-3-4-8(2)12-10-6-5-9(11(7)12)13-14(10)16(18)19-15(13)17/h3-6,9-10,13-14H,1-2H3/t9-,10-,13-,14+/m1/s1. The van der Waals surface area contributed by atoms with E-state index in [1.165, 1.54) is 22.3 Å². The fraction of sp³-hybridized carbons (Fsp3) is 0.375. The molecule has 96 valence electrons. The van der Waals surface area contributed by atoms with E-state index in [1.807, 2.05) is 0 Å². The number of hydrogen-bond acceptors (Lipinski definition) is 3. The van der Waals surface area contributed by atoms with Gasteiger partial charge in [-0.3, -0.25) is 9.59 Å². The summed E-state index contributed by atoms with van der Waals surface area (Å²) in [5.41, 5.74) is 4.87. The normalized spacial score (nSPS) is 34.2. The Labute approximate surface area is 111 Å². The molecule has 0 unspecified atom stereocenters. The maximum atomic E-state index is 11.9. The lowest BCUT2D eigenvalue weighted by Crippen LogP contribution is -2.38. The minimum Gasteiger partial charge on any atom is -0.393 e. The molecular formula is C16H14O3. The molecule has 0 radical (unpaired) electrons. The highest BCUT2D eigenvalue weighted by Gasteiger charge is 2.57. The first-order valence-corrected chi connectivity index (χ1v) is 6.63. The Morgan fingerprint density at radius 3 is 1.68 bits per heavy atom. The third kappa shape index (κ3) is 1.18. The Kier molecular flexibility index (Phi) is 1.93. The average molecular weight is 254 g/mol. The summed E-state index contributed by atoms with van der Waals surface area (Å²) >= 11 is 0. The molecular weight excluding hydrogens is 240 g/mol. The number of benzene rings is 1. The molecule has 0 aromatic heterocycles. The van der Waals surface area contributed by atoms with Crippen LogP contribution in [0.3, 0.4) is 0 Å². The van der Waals surface area contributed by atoms with Crippen LogP contribution >= 0.6 is 0 Å². The van der Waals surface area contributed by atoms with E-state index in [4.69, 9.17) is 4.74 Å². The quantitative estimate of drug-likeness (QED) is 0.405. The van der Waals surface area contributed by atoms with Crippen LogP contribution < -0.4 is 0 Å². The minimum absolute atomic E-state index is 0.00356. The molecule has 4 aliphatic rings. The van der Waals surface area contributed by atoms with Gasteiger partial charge in [0.05, 0.1) is 11.8 Å². The van der Waals surface area contributed by atoms with Crippen LogP contribution in [0, 0.1) is 25.7 Å². The van der Waals surface area contributed by atoms with Crippen LogP contribution in [0.5, 0.6) is 0 Å². The van der Waals surface area contributed by atoms with Crippen LogP contribution in [0.1, 0.15) is 34.1 Å². The Morgan fingerprint density at radius 1 is 0.842 bits per heavy atom. The van der Waals surface area contributed by atoms with Crippen molar-refractivity contribution in [3.05, 3.63) is 46.5 Å². The van der Waals surface area contributed by atoms with Crippen LogP contribution in [0.15, 0.2) is 24.3 Å². The lowest BCUT2D eigenvalue weighted by molar-refractivity contribution is -0.153. The van der Waals surface area contributed by atoms with Crippen molar-refractivity contribution in [2.75, 3.05) is 0 Å². The molecule has 1 aliphatic heterocycles. The molecule has 1 aromatic rings. The molecule has 1 heterocycles. The number of aryl methyl sites for hydroxylation is 2. The molecule has 0 N–H and O–H groups in total. The van der Waals surface area contributed by atoms with Crippen molar-refractivity contribution >= 4 is 11.9 Å². The van der Waals surface area contributed by atoms with Crippen LogP contribution in [0.4, 0.5) is 0 Å². The Morgan fingerprint density at radius 2 is 1.26 bits per heavy atom. The molecule has 5 rings (SSSR count). The summed E-state index contributed by atoms with van der Waals surface area (Å²) in [7, 11) is 0. The summed E-state index contributed by atoms with van der Waals surface area (Å²) in [6, 6.07) is 4.19. The maximum absolute atomic E-state index is 11.9. The van der Waals surface area contributed by atoms with E-state index < -0.39 is 0 Å². The Balaban J connectivity index is 2.02. The molecule has 2 bridgehead atoms. The zero-order chi connectivity index (χ0) is 13.3. The largest absolute Gasteiger partial charge is 0.393 e. The van der Waals surface area contributed by atoms with Gasteiger partial charge in [-0.15, -0.1) is 0 Å². The Hall–Kier alpha value is -1.90. The molecule has 0 amide bonds. The number of allylic oxidation sites excluding steroid dienone is 2. The lowest BCUT2D eigenvalue weighted by Gasteiger charge is -2.41. The molecule has 19 heavy (non-hydrogen) atoms. The highest BCUT2D eigenvalue weighted by molar-refractivity contribution is 5.99. The number of rotatable bonds is 0. The van der Waals surface area contributed by atoms with Gasteiger partial charge in [0.1, 0.15) is 0 Å². The minimum atomic E-state index is -0.346. The number of carbonyl (C=O) groups is 2. The molecule has 0 spiro atoms. The molecule has 1 aromatic carbocycles. The van der Waals surface area contributed by atoms with Crippen LogP contribution in [-0.2, 0) is 14.3 Å². The SMILES string of the molecule is Cc1ccc(C)c2c1[C@H]1C=C[C@H]2[C@H]2C(=O)OC(=O)[C@H]21. The predicted molar refractivity (Wildman–Crippen MR) is 68.6 cm³/mol. The molecule has 0 saturated carbocycles. The van der Waals surface area contributed by atoms with Gasteiger partial charge in [0, 0.05) is 11.8 Å². The van der Waals surface area contributed by atoms with E-state index in [9.17, 15) is 9.59 Å². The van der Waals surface area contributed by atoms with E-state index in [0.717, 1.165) is 0 Å². The number of ether oxygens (including phenoxy) is 1. The second-order valence-electron chi connectivity index (χ2n) is 5.75. The van der Waals surface area contributed by atoms with Gasteiger partial charge in [-0.1, -0.05) is 24.3 Å². The van der Waals surface area contributed by atoms with E-state index in [-0.39, 0.29) is 35.6 Å². The molecule has 1 fully saturated rings. The van der Waals surface area contributed by atoms with Crippen molar-refractivity contribution < 1.29 is 14.3 Å². The lowest BCUT2D eigenvalue weighted by atomic mass is 9.59. The second kappa shape index (κ2) is 3.35. The van der Waals surface area contributed by atoms with Crippen LogP contribution in [0.25, 0.3) is 0 Å². The van der Waals surface area contributed by atoms with Crippen molar-refractivity contribution in [3.8, 4) is 0 Å². The smallest absolute Gasteiger partial charge is 0.318 e. The summed E-state index contributed by atoms with van der Waals surface area (Å²) < 4.78 is 4.88. The molecule has 4 atom stereocenters. The summed E-state index contributed by atoms with van der Waals surface area (Å²) in [4.78, 5) is 23.9. The number of carbonyl (C=O) groups excluding carboxylic acids is 2. The summed E-state index contributed by atoms with van der Waals surface area (Å²) in [6.07, 6.45) is 4.17. The van der Waals surface area contributed by atoms with Gasteiger partial charge in [0.15, 0.2) is 0 Å². The zero-order valence-corrected chi connectivity index (χ0v) is 10.8. The van der Waals surface area contributed by atoms with Gasteiger partial charge in [-0.25, -0.2) is 0 Å². The average Bonchev–Trinajstić information content (AvgIpc) is 2.72. The fourth-order valence-corrected chi connectivity index (χ4v) is 4.04. The first-order valence-electron chi connectivity index (χ1n) is 6.63. The molecule has 3 heteroatoms. The van der Waals surface area contributed by atoms with Gasteiger partial charge >= 0.3 is 11.9 Å². The highest BCUT2D eigenvalue weighted by atomic mass is 16.6. The number of hydrogen-bond donors (Lipinski definition) is 0. The van der Waals surface area contributed by atoms with E-state index in [1.54, 1.807) is 0 Å². The topological polar surface area (TPSA) is 43.4 Å². The van der Waals surface area contributed by atoms with E-state index in [0.29, 0.717) is 0 Å². The van der Waals surface area contributed by atoms with Crippen molar-refractivity contribution in [1.82, 2.24) is 0 Å². The van der Waals surface area contributed by atoms with Crippen LogP contribution in [0.2, 0.25) is 0 Å². The van der Waals surface area contributed by atoms with Crippen molar-refractivity contribution in [1.29, 1.82) is 0 Å². The summed E-state index contributed by atoms with van der Waals surface area (Å²) in [5.74, 6) is -1.31. The van der Waals surface area contributed by atoms with Crippen LogP contribution in [-0.4, -0.2) is 11.9 Å². The van der Waals surface area contributed by atoms with Gasteiger partial charge in [-0.05, 0) is 36.1 Å². The van der Waals surface area contributed by atoms with Gasteiger partial charge in [-0.2, -0.15) is 0 Å². The van der Waals surface area contributed by atoms with Crippen molar-refractivity contribution in [2.45, 2.75) is 25.7 Å². The van der Waals surface area contributed by atoms with Gasteiger partial charge in [0.2, 0.25) is 0 Å². The maximum Gasteiger partial charge on any atom is 0.318 e. The summed E-state index contributed by atoms with van der Waals surface area (Å²) in [5, 5.41) is 0. The Bertz CT molecular complexity index is 601. The molecule has 1 saturated heterocycles. The van der Waals surface area contributed by atoms with Crippen molar-refractivity contribution in [2.24, 2.45) is 11.8 Å². The van der Waals surface area contributed by atoms with E-state index in [2.05, 4.69) is 38.1 Å². The summed E-state index contributed by atoms with van der Waals surface area (Å²) in [6.45, 7) is 4.15. The zero-order valence-electron chi connectivity index (χ0n) is 10.8. The predicted octanol–water partition coefficient (Wildman–Crippen LogP) is 2.37.